The lowest BCUT2D eigenvalue weighted by Crippen LogP contribution is -2.35. The highest BCUT2D eigenvalue weighted by molar-refractivity contribution is 7.98. The first kappa shape index (κ1) is 18.7. The number of benzene rings is 2. The van der Waals surface area contributed by atoms with Crippen molar-refractivity contribution in [2.45, 2.75) is 24.3 Å². The van der Waals surface area contributed by atoms with Crippen LogP contribution >= 0.6 is 11.8 Å². The van der Waals surface area contributed by atoms with Crippen LogP contribution in [0.15, 0.2) is 41.3 Å². The van der Waals surface area contributed by atoms with Crippen LogP contribution in [0.3, 0.4) is 0 Å². The zero-order chi connectivity index (χ0) is 19.8. The number of thioether (sulfide) groups is 1. The Hall–Kier alpha value is -3.07. The minimum Gasteiger partial charge on any atom is -0.438 e. The quantitative estimate of drug-likeness (QED) is 0.458. The van der Waals surface area contributed by atoms with Gasteiger partial charge in [0.25, 0.3) is 11.6 Å². The van der Waals surface area contributed by atoms with Gasteiger partial charge < -0.3 is 10.1 Å². The van der Waals surface area contributed by atoms with Crippen molar-refractivity contribution in [2.75, 3.05) is 16.9 Å². The molecule has 140 valence electrons. The molecular weight excluding hydrogens is 370 g/mol. The van der Waals surface area contributed by atoms with Gasteiger partial charge in [-0.05, 0) is 50.4 Å². The number of cyclic esters (lactones) is 1. The third kappa shape index (κ3) is 3.72. The average Bonchev–Trinajstić information content (AvgIpc) is 2.61. The number of carbonyl (C=O) groups excluding carboxylic acids is 2. The van der Waals surface area contributed by atoms with Crippen molar-refractivity contribution in [3.8, 4) is 0 Å². The van der Waals surface area contributed by atoms with Gasteiger partial charge in [0, 0.05) is 22.1 Å². The Labute approximate surface area is 159 Å². The monoisotopic (exact) mass is 387 g/mol. The first-order valence-corrected chi connectivity index (χ1v) is 9.22. The fourth-order valence-corrected chi connectivity index (χ4v) is 3.21. The Kier molecular flexibility index (Phi) is 4.79. The predicted octanol–water partition coefficient (Wildman–Crippen LogP) is 4.37. The summed E-state index contributed by atoms with van der Waals surface area (Å²) in [5.41, 5.74) is -0.0901. The maximum Gasteiger partial charge on any atom is 0.412 e. The summed E-state index contributed by atoms with van der Waals surface area (Å²) in [5.74, 6) is -0.468. The molecule has 2 aromatic carbocycles. The fraction of sp³-hybridized carbons (Fsp3) is 0.222. The molecule has 0 unspecified atom stereocenters. The van der Waals surface area contributed by atoms with Crippen LogP contribution in [0.4, 0.5) is 21.9 Å². The van der Waals surface area contributed by atoms with Gasteiger partial charge in [-0.2, -0.15) is 0 Å². The molecule has 2 aromatic rings. The normalized spacial score (nSPS) is 14.6. The number of hydrogen-bond acceptors (Lipinski definition) is 6. The molecule has 0 aromatic heterocycles. The lowest BCUT2D eigenvalue weighted by molar-refractivity contribution is -0.383. The third-order valence-electron chi connectivity index (χ3n) is 4.17. The van der Waals surface area contributed by atoms with Gasteiger partial charge in [0.05, 0.1) is 10.6 Å². The largest absolute Gasteiger partial charge is 0.438 e. The molecule has 0 spiro atoms. The number of rotatable bonds is 4. The van der Waals surface area contributed by atoms with E-state index in [1.165, 1.54) is 12.1 Å². The molecule has 27 heavy (non-hydrogen) atoms. The summed E-state index contributed by atoms with van der Waals surface area (Å²) < 4.78 is 5.24. The number of nitro benzene ring substituents is 1. The van der Waals surface area contributed by atoms with Crippen molar-refractivity contribution in [1.82, 2.24) is 0 Å². The van der Waals surface area contributed by atoms with E-state index in [-0.39, 0.29) is 17.1 Å². The van der Waals surface area contributed by atoms with Crippen LogP contribution < -0.4 is 10.6 Å². The molecule has 2 N–H and O–H groups in total. The highest BCUT2D eigenvalue weighted by Gasteiger charge is 2.36. The van der Waals surface area contributed by atoms with Crippen LogP contribution in [0, 0.1) is 10.1 Å². The SMILES string of the molecule is CSc1ccc(C(=O)Nc2cc3c(cc2[N+](=O)[O-])NC(=O)OC3(C)C)cc1. The Morgan fingerprint density at radius 3 is 2.52 bits per heavy atom. The van der Waals surface area contributed by atoms with E-state index in [1.807, 2.05) is 6.26 Å². The summed E-state index contributed by atoms with van der Waals surface area (Å²) in [5, 5.41) is 16.5. The third-order valence-corrected chi connectivity index (χ3v) is 4.91. The number of amides is 2. The van der Waals surface area contributed by atoms with Crippen molar-refractivity contribution in [1.29, 1.82) is 0 Å². The van der Waals surface area contributed by atoms with Crippen LogP contribution in [-0.2, 0) is 10.3 Å². The topological polar surface area (TPSA) is 111 Å². The van der Waals surface area contributed by atoms with Crippen LogP contribution in [0.1, 0.15) is 29.8 Å². The molecule has 3 rings (SSSR count). The van der Waals surface area contributed by atoms with E-state index < -0.39 is 22.5 Å². The molecule has 8 nitrogen and oxygen atoms in total. The number of nitrogens with one attached hydrogen (secondary N) is 2. The molecule has 9 heteroatoms. The smallest absolute Gasteiger partial charge is 0.412 e. The lowest BCUT2D eigenvalue weighted by Gasteiger charge is -2.32. The van der Waals surface area contributed by atoms with Crippen LogP contribution in [0.2, 0.25) is 0 Å². The molecule has 1 heterocycles. The highest BCUT2D eigenvalue weighted by atomic mass is 32.2. The molecule has 0 radical (unpaired) electrons. The fourth-order valence-electron chi connectivity index (χ4n) is 2.80. The molecule has 0 fully saturated rings. The van der Waals surface area contributed by atoms with Crippen LogP contribution in [-0.4, -0.2) is 23.2 Å². The summed E-state index contributed by atoms with van der Waals surface area (Å²) in [7, 11) is 0. The van der Waals surface area contributed by atoms with Crippen molar-refractivity contribution in [3.05, 3.63) is 57.6 Å². The highest BCUT2D eigenvalue weighted by Crippen LogP contribution is 2.41. The second-order valence-electron chi connectivity index (χ2n) is 6.38. The van der Waals surface area contributed by atoms with Crippen LogP contribution in [0.5, 0.6) is 0 Å². The summed E-state index contributed by atoms with van der Waals surface area (Å²) >= 11 is 1.55. The van der Waals surface area contributed by atoms with Gasteiger partial charge in [0.1, 0.15) is 11.3 Å². The van der Waals surface area contributed by atoms with E-state index in [0.29, 0.717) is 11.1 Å². The van der Waals surface area contributed by atoms with Crippen molar-refractivity contribution in [3.63, 3.8) is 0 Å². The van der Waals surface area contributed by atoms with E-state index in [2.05, 4.69) is 10.6 Å². The molecule has 2 amide bonds. The van der Waals surface area contributed by atoms with Gasteiger partial charge in [0.15, 0.2) is 0 Å². The minimum atomic E-state index is -0.994. The van der Waals surface area contributed by atoms with Gasteiger partial charge in [-0.1, -0.05) is 0 Å². The van der Waals surface area contributed by atoms with Gasteiger partial charge in [-0.25, -0.2) is 4.79 Å². The number of ether oxygens (including phenoxy) is 1. The van der Waals surface area contributed by atoms with Gasteiger partial charge in [-0.3, -0.25) is 20.2 Å². The van der Waals surface area contributed by atoms with Crippen molar-refractivity contribution < 1.29 is 19.2 Å². The maximum absolute atomic E-state index is 12.5. The molecule has 1 aliphatic heterocycles. The Morgan fingerprint density at radius 1 is 1.26 bits per heavy atom. The summed E-state index contributed by atoms with van der Waals surface area (Å²) in [6.45, 7) is 3.34. The van der Waals surface area contributed by atoms with E-state index in [4.69, 9.17) is 4.74 Å². The number of nitro groups is 1. The predicted molar refractivity (Wildman–Crippen MR) is 102 cm³/mol. The summed E-state index contributed by atoms with van der Waals surface area (Å²) in [6, 6.07) is 9.59. The molecule has 0 aliphatic carbocycles. The maximum atomic E-state index is 12.5. The number of carbonyl (C=O) groups is 2. The summed E-state index contributed by atoms with van der Waals surface area (Å²) in [4.78, 5) is 36.0. The zero-order valence-electron chi connectivity index (χ0n) is 14.9. The van der Waals surface area contributed by atoms with Gasteiger partial charge >= 0.3 is 6.09 Å². The molecular formula is C18H17N3O5S. The van der Waals surface area contributed by atoms with E-state index in [1.54, 1.807) is 49.9 Å². The van der Waals surface area contributed by atoms with Gasteiger partial charge in [-0.15, -0.1) is 11.8 Å². The van der Waals surface area contributed by atoms with Crippen molar-refractivity contribution in [2.24, 2.45) is 0 Å². The number of anilines is 2. The summed E-state index contributed by atoms with van der Waals surface area (Å²) in [6.07, 6.45) is 1.24. The standard InChI is InChI=1S/C18H17N3O5S/c1-18(2)12-8-14(15(21(24)25)9-13(12)20-17(23)26-18)19-16(22)10-4-6-11(27-3)7-5-10/h4-9H,1-3H3,(H,19,22)(H,20,23). The first-order valence-electron chi connectivity index (χ1n) is 7.99. The second kappa shape index (κ2) is 6.92. The van der Waals surface area contributed by atoms with Gasteiger partial charge in [0.2, 0.25) is 0 Å². The molecule has 0 saturated carbocycles. The Bertz CT molecular complexity index is 941. The van der Waals surface area contributed by atoms with Crippen LogP contribution in [0.25, 0.3) is 0 Å². The molecule has 0 atom stereocenters. The van der Waals surface area contributed by atoms with Crippen molar-refractivity contribution >= 4 is 40.8 Å². The number of fused-ring (bicyclic) bond motifs is 1. The van der Waals surface area contributed by atoms with E-state index >= 15 is 0 Å². The molecule has 0 bridgehead atoms. The molecule has 1 aliphatic rings. The number of nitrogens with zero attached hydrogens (tertiary/aromatic N) is 1. The Balaban J connectivity index is 2.00. The minimum absolute atomic E-state index is 0.0329. The average molecular weight is 387 g/mol. The zero-order valence-corrected chi connectivity index (χ0v) is 15.7. The molecule has 0 saturated heterocycles. The first-order chi connectivity index (χ1) is 12.7. The number of hydrogen-bond donors (Lipinski definition) is 2. The van der Waals surface area contributed by atoms with E-state index in [0.717, 1.165) is 4.90 Å². The lowest BCUT2D eigenvalue weighted by atomic mass is 9.93. The second-order valence-corrected chi connectivity index (χ2v) is 7.26. The Morgan fingerprint density at radius 2 is 1.93 bits per heavy atom. The van der Waals surface area contributed by atoms with E-state index in [9.17, 15) is 19.7 Å².